The molecule has 4 aromatic rings. The lowest BCUT2D eigenvalue weighted by Crippen LogP contribution is -2.60. The standard InChI is InChI=1S/C24H20N4O3S/c1-14(29)27-19-11-7-6-10-18(19)21-22(30)25-24(32-3)26-28(21)23(27)17-12-13-20(31-2)16-9-5-4-8-15(16)17/h4-13,23H,1-3H3/p+1/t23-/m1/s1. The van der Waals surface area contributed by atoms with Gasteiger partial charge in [0.05, 0.1) is 23.9 Å². The summed E-state index contributed by atoms with van der Waals surface area (Å²) >= 11 is 1.34. The lowest BCUT2D eigenvalue weighted by molar-refractivity contribution is -0.762. The molecule has 1 amide bonds. The molecule has 1 aromatic heterocycles. The molecule has 0 unspecified atom stereocenters. The molecule has 0 saturated carbocycles. The SMILES string of the molecule is COc1ccc([C@@H]2N(C(C)=O)c3ccccc3-c3c(=O)[nH]c(SC)n[n+]32)c2ccccc12. The maximum atomic E-state index is 13.2. The van der Waals surface area contributed by atoms with Crippen LogP contribution in [-0.2, 0) is 4.79 Å². The molecular weight excluding hydrogens is 424 g/mol. The first-order valence-corrected chi connectivity index (χ1v) is 11.3. The van der Waals surface area contributed by atoms with E-state index in [1.807, 2.05) is 66.9 Å². The van der Waals surface area contributed by atoms with E-state index in [4.69, 9.17) is 9.84 Å². The van der Waals surface area contributed by atoms with Gasteiger partial charge in [-0.15, -0.1) is 0 Å². The maximum Gasteiger partial charge on any atom is 0.325 e. The van der Waals surface area contributed by atoms with E-state index < -0.39 is 6.17 Å². The molecule has 1 aliphatic rings. The third-order valence-electron chi connectivity index (χ3n) is 5.71. The van der Waals surface area contributed by atoms with E-state index in [1.54, 1.807) is 16.7 Å². The molecule has 0 radical (unpaired) electrons. The molecule has 7 nitrogen and oxygen atoms in total. The van der Waals surface area contributed by atoms with Crippen molar-refractivity contribution in [3.63, 3.8) is 0 Å². The van der Waals surface area contributed by atoms with Gasteiger partial charge in [-0.2, -0.15) is 0 Å². The number of amides is 1. The van der Waals surface area contributed by atoms with Crippen LogP contribution in [0.2, 0.25) is 0 Å². The quantitative estimate of drug-likeness (QED) is 0.386. The molecule has 0 fully saturated rings. The van der Waals surface area contributed by atoms with Gasteiger partial charge in [-0.3, -0.25) is 14.6 Å². The van der Waals surface area contributed by atoms with E-state index in [2.05, 4.69) is 4.98 Å². The number of nitrogens with one attached hydrogen (secondary N) is 1. The zero-order valence-corrected chi connectivity index (χ0v) is 18.6. The highest BCUT2D eigenvalue weighted by molar-refractivity contribution is 7.98. The molecule has 1 atom stereocenters. The van der Waals surface area contributed by atoms with Crippen LogP contribution in [0.3, 0.4) is 0 Å². The zero-order valence-electron chi connectivity index (χ0n) is 17.8. The largest absolute Gasteiger partial charge is 0.496 e. The number of methoxy groups -OCH3 is 1. The first kappa shape index (κ1) is 20.3. The fourth-order valence-corrected chi connectivity index (χ4v) is 4.75. The van der Waals surface area contributed by atoms with Crippen molar-refractivity contribution in [2.45, 2.75) is 18.2 Å². The number of aromatic amines is 1. The second-order valence-corrected chi connectivity index (χ2v) is 8.23. The lowest BCUT2D eigenvalue weighted by Gasteiger charge is -2.31. The van der Waals surface area contributed by atoms with Gasteiger partial charge in [0.25, 0.3) is 6.17 Å². The number of hydrogen-bond acceptors (Lipinski definition) is 5. The maximum absolute atomic E-state index is 13.2. The van der Waals surface area contributed by atoms with Gasteiger partial charge in [0.2, 0.25) is 11.1 Å². The Balaban J connectivity index is 1.91. The van der Waals surface area contributed by atoms with Crippen molar-refractivity contribution in [2.75, 3.05) is 18.3 Å². The lowest BCUT2D eigenvalue weighted by atomic mass is 9.97. The van der Waals surface area contributed by atoms with E-state index in [1.165, 1.54) is 18.7 Å². The van der Waals surface area contributed by atoms with Gasteiger partial charge in [0.1, 0.15) is 5.75 Å². The molecule has 0 spiro atoms. The number of para-hydroxylation sites is 1. The normalized spacial score (nSPS) is 14.7. The summed E-state index contributed by atoms with van der Waals surface area (Å²) in [6.07, 6.45) is 1.21. The van der Waals surface area contributed by atoms with E-state index in [-0.39, 0.29) is 11.5 Å². The van der Waals surface area contributed by atoms with Crippen LogP contribution in [0.25, 0.3) is 22.0 Å². The Labute approximate surface area is 188 Å². The minimum Gasteiger partial charge on any atom is -0.496 e. The van der Waals surface area contributed by atoms with Crippen LogP contribution < -0.4 is 19.9 Å². The second kappa shape index (κ2) is 7.80. The number of H-pyrrole nitrogens is 1. The number of carbonyl (C=O) groups excluding carboxylic acids is 1. The highest BCUT2D eigenvalue weighted by Crippen LogP contribution is 2.40. The summed E-state index contributed by atoms with van der Waals surface area (Å²) in [5.74, 6) is 0.595. The van der Waals surface area contributed by atoms with E-state index in [0.717, 1.165) is 22.1 Å². The number of benzene rings is 3. The van der Waals surface area contributed by atoms with E-state index in [0.29, 0.717) is 22.1 Å². The van der Waals surface area contributed by atoms with Crippen LogP contribution in [0.4, 0.5) is 5.69 Å². The van der Waals surface area contributed by atoms with Crippen LogP contribution in [0.5, 0.6) is 5.75 Å². The molecule has 5 rings (SSSR count). The van der Waals surface area contributed by atoms with Gasteiger partial charge in [-0.25, -0.2) is 4.90 Å². The Morgan fingerprint density at radius 1 is 1.09 bits per heavy atom. The number of rotatable bonds is 3. The molecule has 2 heterocycles. The van der Waals surface area contributed by atoms with Gasteiger partial charge in [-0.1, -0.05) is 48.2 Å². The van der Waals surface area contributed by atoms with Crippen LogP contribution >= 0.6 is 11.8 Å². The van der Waals surface area contributed by atoms with Crippen molar-refractivity contribution in [3.05, 3.63) is 76.6 Å². The van der Waals surface area contributed by atoms with E-state index >= 15 is 0 Å². The molecule has 8 heteroatoms. The summed E-state index contributed by atoms with van der Waals surface area (Å²) in [4.78, 5) is 30.7. The predicted octanol–water partition coefficient (Wildman–Crippen LogP) is 3.52. The minimum absolute atomic E-state index is 0.145. The molecule has 0 saturated heterocycles. The molecule has 160 valence electrons. The minimum atomic E-state index is -0.638. The first-order chi connectivity index (χ1) is 15.5. The van der Waals surface area contributed by atoms with Crippen molar-refractivity contribution in [3.8, 4) is 17.0 Å². The monoisotopic (exact) mass is 445 g/mol. The Morgan fingerprint density at radius 2 is 1.81 bits per heavy atom. The number of fused-ring (bicyclic) bond motifs is 4. The van der Waals surface area contributed by atoms with Gasteiger partial charge in [-0.05, 0) is 40.6 Å². The number of nitrogens with zero attached hydrogens (tertiary/aromatic N) is 3. The van der Waals surface area contributed by atoms with Crippen LogP contribution in [0.15, 0.2) is 70.6 Å². The molecule has 0 bridgehead atoms. The van der Waals surface area contributed by atoms with Crippen LogP contribution in [0.1, 0.15) is 18.7 Å². The van der Waals surface area contributed by atoms with Gasteiger partial charge in [0, 0.05) is 17.4 Å². The summed E-state index contributed by atoms with van der Waals surface area (Å²) in [7, 11) is 1.63. The Kier molecular flexibility index (Phi) is 4.94. The number of thioether (sulfide) groups is 1. The number of aromatic nitrogens is 3. The topological polar surface area (TPSA) is 79.2 Å². The Morgan fingerprint density at radius 3 is 2.53 bits per heavy atom. The number of ether oxygens (including phenoxy) is 1. The van der Waals surface area contributed by atoms with Gasteiger partial charge < -0.3 is 4.74 Å². The van der Waals surface area contributed by atoms with Crippen molar-refractivity contribution in [1.82, 2.24) is 10.1 Å². The van der Waals surface area contributed by atoms with Crippen molar-refractivity contribution in [1.29, 1.82) is 0 Å². The van der Waals surface area contributed by atoms with Crippen LogP contribution in [0, 0.1) is 0 Å². The molecule has 32 heavy (non-hydrogen) atoms. The van der Waals surface area contributed by atoms with Crippen LogP contribution in [-0.4, -0.2) is 29.4 Å². The summed E-state index contributed by atoms with van der Waals surface area (Å²) in [6, 6.07) is 19.1. The van der Waals surface area contributed by atoms with Crippen molar-refractivity contribution >= 4 is 34.1 Å². The number of anilines is 1. The Hall–Kier alpha value is -3.65. The predicted molar refractivity (Wildman–Crippen MR) is 124 cm³/mol. The van der Waals surface area contributed by atoms with Crippen molar-refractivity contribution in [2.24, 2.45) is 0 Å². The average Bonchev–Trinajstić information content (AvgIpc) is 2.82. The van der Waals surface area contributed by atoms with Crippen molar-refractivity contribution < 1.29 is 14.2 Å². The van der Waals surface area contributed by atoms with Gasteiger partial charge in [0.15, 0.2) is 0 Å². The summed E-state index contributed by atoms with van der Waals surface area (Å²) in [5, 5.41) is 7.05. The summed E-state index contributed by atoms with van der Waals surface area (Å²) in [5.41, 5.74) is 2.36. The first-order valence-electron chi connectivity index (χ1n) is 10.1. The molecule has 0 aliphatic carbocycles. The second-order valence-electron chi connectivity index (χ2n) is 7.44. The molecule has 1 aliphatic heterocycles. The van der Waals surface area contributed by atoms with Gasteiger partial charge >= 0.3 is 11.3 Å². The number of hydrogen-bond donors (Lipinski definition) is 1. The molecule has 3 aromatic carbocycles. The highest BCUT2D eigenvalue weighted by Gasteiger charge is 2.45. The average molecular weight is 446 g/mol. The smallest absolute Gasteiger partial charge is 0.325 e. The highest BCUT2D eigenvalue weighted by atomic mass is 32.2. The fraction of sp³-hybridized carbons (Fsp3) is 0.167. The molecular formula is C24H21N4O3S+. The fourth-order valence-electron chi connectivity index (χ4n) is 4.38. The third-order valence-corrected chi connectivity index (χ3v) is 6.28. The third kappa shape index (κ3) is 2.98. The zero-order chi connectivity index (χ0) is 22.4. The van der Waals surface area contributed by atoms with E-state index in [9.17, 15) is 9.59 Å². The summed E-state index contributed by atoms with van der Waals surface area (Å²) < 4.78 is 7.23. The number of carbonyl (C=O) groups is 1. The summed E-state index contributed by atoms with van der Waals surface area (Å²) in [6.45, 7) is 1.53. The molecule has 1 N–H and O–H groups in total. The Bertz CT molecular complexity index is 1430.